The number of primary amides is 2. The molecule has 18 heavy (non-hydrogen) atoms. The van der Waals surface area contributed by atoms with Crippen molar-refractivity contribution >= 4 is 23.4 Å². The minimum absolute atomic E-state index is 0.0112. The number of hydrogen-bond acceptors (Lipinski definition) is 5. The van der Waals surface area contributed by atoms with Crippen molar-refractivity contribution in [3.05, 3.63) is 23.8 Å². The van der Waals surface area contributed by atoms with Gasteiger partial charge in [-0.25, -0.2) is 31.3 Å². The first-order valence-corrected chi connectivity index (χ1v) is 4.61. The number of carbonyl (C=O) groups is 2. The lowest BCUT2D eigenvalue weighted by Crippen LogP contribution is -2.46. The SMILES string of the molecule is N#Cc1ccc(N(N)C(N)=O)c(N(N)C(N)=O)c1. The molecule has 0 fully saturated rings. The number of nitrogens with zero attached hydrogens (tertiary/aromatic N) is 3. The van der Waals surface area contributed by atoms with Gasteiger partial charge in [0.25, 0.3) is 0 Å². The van der Waals surface area contributed by atoms with E-state index in [2.05, 4.69) is 0 Å². The first kappa shape index (κ1) is 13.2. The van der Waals surface area contributed by atoms with Gasteiger partial charge in [-0.05, 0) is 18.2 Å². The van der Waals surface area contributed by atoms with Crippen molar-refractivity contribution in [1.29, 1.82) is 5.26 Å². The number of benzene rings is 1. The minimum Gasteiger partial charge on any atom is -0.350 e. The van der Waals surface area contributed by atoms with Crippen molar-refractivity contribution in [2.75, 3.05) is 10.0 Å². The molecule has 0 spiro atoms. The minimum atomic E-state index is -0.982. The molecule has 9 nitrogen and oxygen atoms in total. The summed E-state index contributed by atoms with van der Waals surface area (Å²) in [6.45, 7) is 0. The second-order valence-electron chi connectivity index (χ2n) is 3.23. The Morgan fingerprint density at radius 1 is 1.06 bits per heavy atom. The maximum Gasteiger partial charge on any atom is 0.333 e. The Bertz CT molecular complexity index is 536. The monoisotopic (exact) mass is 249 g/mol. The van der Waals surface area contributed by atoms with Gasteiger partial charge in [0.1, 0.15) is 0 Å². The molecule has 0 radical (unpaired) electrons. The molecule has 4 amide bonds. The third kappa shape index (κ3) is 2.46. The van der Waals surface area contributed by atoms with Gasteiger partial charge < -0.3 is 11.5 Å². The van der Waals surface area contributed by atoms with E-state index in [1.807, 2.05) is 6.07 Å². The maximum absolute atomic E-state index is 11.0. The van der Waals surface area contributed by atoms with Gasteiger partial charge in [-0.1, -0.05) is 0 Å². The van der Waals surface area contributed by atoms with E-state index < -0.39 is 12.1 Å². The van der Waals surface area contributed by atoms with Crippen LogP contribution in [0.25, 0.3) is 0 Å². The predicted octanol–water partition coefficient (Wildman–Crippen LogP) is -0.924. The van der Waals surface area contributed by atoms with E-state index in [4.69, 9.17) is 28.4 Å². The van der Waals surface area contributed by atoms with Gasteiger partial charge in [0.15, 0.2) is 0 Å². The van der Waals surface area contributed by atoms with E-state index in [1.165, 1.54) is 18.2 Å². The van der Waals surface area contributed by atoms with Gasteiger partial charge in [-0.2, -0.15) is 5.26 Å². The molecule has 94 valence electrons. The zero-order valence-corrected chi connectivity index (χ0v) is 9.20. The molecule has 1 aromatic rings. The van der Waals surface area contributed by atoms with E-state index in [9.17, 15) is 9.59 Å². The summed E-state index contributed by atoms with van der Waals surface area (Å²) in [6.07, 6.45) is 0. The van der Waals surface area contributed by atoms with Crippen LogP contribution in [-0.4, -0.2) is 12.1 Å². The highest BCUT2D eigenvalue weighted by Crippen LogP contribution is 2.27. The Morgan fingerprint density at radius 3 is 2.00 bits per heavy atom. The number of amides is 4. The Kier molecular flexibility index (Phi) is 3.68. The third-order valence-electron chi connectivity index (χ3n) is 2.10. The predicted molar refractivity (Wildman–Crippen MR) is 63.7 cm³/mol. The van der Waals surface area contributed by atoms with Gasteiger partial charge >= 0.3 is 12.1 Å². The van der Waals surface area contributed by atoms with Crippen LogP contribution in [0.2, 0.25) is 0 Å². The quantitative estimate of drug-likeness (QED) is 0.301. The lowest BCUT2D eigenvalue weighted by Gasteiger charge is -2.22. The molecule has 1 rings (SSSR count). The fourth-order valence-electron chi connectivity index (χ4n) is 1.23. The fourth-order valence-corrected chi connectivity index (χ4v) is 1.23. The molecule has 0 atom stereocenters. The van der Waals surface area contributed by atoms with Crippen LogP contribution in [0.5, 0.6) is 0 Å². The summed E-state index contributed by atoms with van der Waals surface area (Å²) in [5.41, 5.74) is 10.3. The smallest absolute Gasteiger partial charge is 0.333 e. The highest BCUT2D eigenvalue weighted by molar-refractivity contribution is 5.99. The Hall–Kier alpha value is -2.83. The standard InChI is InChI=1S/C9H11N7O2/c10-4-5-1-2-6(15(13)8(11)17)7(3-5)16(14)9(12)18/h1-3H,13-14H2,(H2,11,17)(H2,12,18). The van der Waals surface area contributed by atoms with Crippen LogP contribution in [0.15, 0.2) is 18.2 Å². The van der Waals surface area contributed by atoms with Crippen molar-refractivity contribution in [1.82, 2.24) is 0 Å². The highest BCUT2D eigenvalue weighted by Gasteiger charge is 2.19. The zero-order valence-electron chi connectivity index (χ0n) is 9.20. The number of hydrazine groups is 2. The number of rotatable bonds is 2. The summed E-state index contributed by atoms with van der Waals surface area (Å²) in [6, 6.07) is 3.86. The van der Waals surface area contributed by atoms with E-state index >= 15 is 0 Å². The van der Waals surface area contributed by atoms with E-state index in [0.717, 1.165) is 0 Å². The van der Waals surface area contributed by atoms with Crippen LogP contribution in [0.1, 0.15) is 5.56 Å². The van der Waals surface area contributed by atoms with Gasteiger partial charge in [0.05, 0.1) is 23.0 Å². The van der Waals surface area contributed by atoms with E-state index in [1.54, 1.807) is 0 Å². The number of urea groups is 2. The third-order valence-corrected chi connectivity index (χ3v) is 2.10. The molecule has 1 aromatic carbocycles. The molecule has 9 heteroatoms. The van der Waals surface area contributed by atoms with E-state index in [-0.39, 0.29) is 16.9 Å². The van der Waals surface area contributed by atoms with Gasteiger partial charge in [0.2, 0.25) is 0 Å². The summed E-state index contributed by atoms with van der Waals surface area (Å²) in [4.78, 5) is 22.0. The van der Waals surface area contributed by atoms with Gasteiger partial charge in [-0.3, -0.25) is 0 Å². The van der Waals surface area contributed by atoms with Crippen LogP contribution in [0.4, 0.5) is 21.0 Å². The second kappa shape index (κ2) is 5.00. The van der Waals surface area contributed by atoms with Crippen LogP contribution < -0.4 is 33.2 Å². The van der Waals surface area contributed by atoms with Crippen LogP contribution >= 0.6 is 0 Å². The summed E-state index contributed by atoms with van der Waals surface area (Å²) in [5, 5.41) is 9.90. The molecular formula is C9H11N7O2. The zero-order chi connectivity index (χ0) is 13.9. The van der Waals surface area contributed by atoms with Crippen molar-refractivity contribution in [3.63, 3.8) is 0 Å². The summed E-state index contributed by atoms with van der Waals surface area (Å²) < 4.78 is 0. The number of nitriles is 1. The lowest BCUT2D eigenvalue weighted by atomic mass is 10.1. The van der Waals surface area contributed by atoms with Crippen LogP contribution in [0, 0.1) is 11.3 Å². The molecule has 0 aliphatic heterocycles. The number of anilines is 2. The van der Waals surface area contributed by atoms with Crippen molar-refractivity contribution in [2.45, 2.75) is 0 Å². The molecule has 0 bridgehead atoms. The molecule has 0 aromatic heterocycles. The van der Waals surface area contributed by atoms with Crippen molar-refractivity contribution < 1.29 is 9.59 Å². The maximum atomic E-state index is 11.0. The highest BCUT2D eigenvalue weighted by atomic mass is 16.2. The Balaban J connectivity index is 3.38. The first-order chi connectivity index (χ1) is 8.38. The fraction of sp³-hybridized carbons (Fsp3) is 0. The topological polar surface area (TPSA) is 168 Å². The Labute approximate surface area is 102 Å². The average molecular weight is 249 g/mol. The molecule has 0 heterocycles. The number of hydrogen-bond donors (Lipinski definition) is 4. The molecule has 0 saturated heterocycles. The Morgan fingerprint density at radius 2 is 1.56 bits per heavy atom. The molecular weight excluding hydrogens is 238 g/mol. The largest absolute Gasteiger partial charge is 0.350 e. The molecule has 0 aliphatic rings. The number of carbonyl (C=O) groups excluding carboxylic acids is 2. The number of nitrogens with two attached hydrogens (primary N) is 4. The molecule has 0 aliphatic carbocycles. The molecule has 0 saturated carbocycles. The lowest BCUT2D eigenvalue weighted by molar-refractivity contribution is 0.252. The van der Waals surface area contributed by atoms with Crippen LogP contribution in [-0.2, 0) is 0 Å². The van der Waals surface area contributed by atoms with Gasteiger partial charge in [-0.15, -0.1) is 0 Å². The molecule has 0 unspecified atom stereocenters. The van der Waals surface area contributed by atoms with Gasteiger partial charge in [0, 0.05) is 0 Å². The normalized spacial score (nSPS) is 9.39. The summed E-state index contributed by atoms with van der Waals surface area (Å²) in [7, 11) is 0. The molecule has 8 N–H and O–H groups in total. The van der Waals surface area contributed by atoms with Crippen molar-refractivity contribution in [3.8, 4) is 6.07 Å². The van der Waals surface area contributed by atoms with Crippen molar-refractivity contribution in [2.24, 2.45) is 23.2 Å². The van der Waals surface area contributed by atoms with Crippen LogP contribution in [0.3, 0.4) is 0 Å². The van der Waals surface area contributed by atoms with E-state index in [0.29, 0.717) is 10.0 Å². The average Bonchev–Trinajstić information content (AvgIpc) is 2.35. The summed E-state index contributed by atoms with van der Waals surface area (Å²) in [5.74, 6) is 10.8. The first-order valence-electron chi connectivity index (χ1n) is 4.61. The second-order valence-corrected chi connectivity index (χ2v) is 3.23. The summed E-state index contributed by atoms with van der Waals surface area (Å²) >= 11 is 0.